The number of allylic oxidation sites excluding steroid dienone is 1. The highest BCUT2D eigenvalue weighted by molar-refractivity contribution is 6.75. The second-order valence-corrected chi connectivity index (χ2v) is 36.6. The van der Waals surface area contributed by atoms with Gasteiger partial charge in [0.1, 0.15) is 5.78 Å². The number of pyridine rings is 1. The Morgan fingerprint density at radius 3 is 1.91 bits per heavy atom. The lowest BCUT2D eigenvalue weighted by Crippen LogP contribution is -2.58. The largest absolute Gasteiger partial charge is 0.417 e. The summed E-state index contributed by atoms with van der Waals surface area (Å²) in [5.74, 6) is -0.154. The number of aromatic nitrogens is 1. The van der Waals surface area contributed by atoms with Gasteiger partial charge in [-0.2, -0.15) is 0 Å². The number of carbonyl (C=O) groups is 1. The Bertz CT molecular complexity index is 1460. The lowest BCUT2D eigenvalue weighted by molar-refractivity contribution is -0.153. The SMILES string of the molecule is CC[C@@H](C(=O)C1([C@H](CCO[Si](C)(C)C(C)(C)C)O[Si](C)(C)C(C)(C)C)CCC1)[C@@H](O)[C@@H](C)CCCC(C)=CC[C@H](O[Si](C)(C)C(C)(C)C)C(C)=Cc1ccccn1. The van der Waals surface area contributed by atoms with Crippen LogP contribution < -0.4 is 0 Å². The molecule has 1 fully saturated rings. The standard InChI is InChI=1S/C48H89NO5Si3/c1-20-40(44(51)48(31-24-32-48)42(54-57(18,19)47(11,12)13)30-34-52-55(14,15)45(5,6)7)43(50)37(3)26-23-25-36(2)28-29-41(53-56(16,17)46(8,9)10)38(4)35-39-27-21-22-33-49-39/h21-22,27-28,33,35,37,40-43,50H,20,23-26,29-32,34H2,1-19H3/t37-,40+,41-,42-,43-/m0/s1. The molecule has 0 radical (unpaired) electrons. The summed E-state index contributed by atoms with van der Waals surface area (Å²) in [6.07, 6.45) is 13.1. The summed E-state index contributed by atoms with van der Waals surface area (Å²) in [7, 11) is -6.17. The normalized spacial score (nSPS) is 19.1. The third kappa shape index (κ3) is 14.2. The molecule has 0 aromatic carbocycles. The minimum Gasteiger partial charge on any atom is -0.417 e. The fourth-order valence-corrected chi connectivity index (χ4v) is 11.0. The zero-order valence-corrected chi connectivity index (χ0v) is 43.4. The van der Waals surface area contributed by atoms with Gasteiger partial charge in [0.15, 0.2) is 25.0 Å². The average Bonchev–Trinajstić information content (AvgIpc) is 3.04. The maximum Gasteiger partial charge on any atom is 0.192 e. The molecular formula is C48H89NO5Si3. The van der Waals surface area contributed by atoms with Gasteiger partial charge in [-0.15, -0.1) is 0 Å². The highest BCUT2D eigenvalue weighted by Crippen LogP contribution is 2.52. The van der Waals surface area contributed by atoms with Gasteiger partial charge >= 0.3 is 0 Å². The van der Waals surface area contributed by atoms with Gasteiger partial charge in [0.25, 0.3) is 0 Å². The Hall–Kier alpha value is -1.21. The first-order valence-corrected chi connectivity index (χ1v) is 31.1. The van der Waals surface area contributed by atoms with E-state index in [0.29, 0.717) is 13.0 Å². The molecular weight excluding hydrogens is 755 g/mol. The zero-order valence-electron chi connectivity index (χ0n) is 40.4. The van der Waals surface area contributed by atoms with Gasteiger partial charge in [-0.3, -0.25) is 9.78 Å². The fraction of sp³-hybridized carbons (Fsp3) is 0.792. The van der Waals surface area contributed by atoms with E-state index in [4.69, 9.17) is 13.3 Å². The van der Waals surface area contributed by atoms with Gasteiger partial charge in [0.2, 0.25) is 0 Å². The first-order valence-electron chi connectivity index (χ1n) is 22.4. The number of nitrogens with zero attached hydrogens (tertiary/aromatic N) is 1. The molecule has 328 valence electrons. The summed E-state index contributed by atoms with van der Waals surface area (Å²) in [5, 5.41) is 12.2. The van der Waals surface area contributed by atoms with Crippen LogP contribution in [0.1, 0.15) is 153 Å². The third-order valence-corrected chi connectivity index (χ3v) is 28.3. The van der Waals surface area contributed by atoms with Gasteiger partial charge in [0, 0.05) is 18.7 Å². The third-order valence-electron chi connectivity index (χ3n) is 14.7. The fourth-order valence-electron chi connectivity index (χ4n) is 7.18. The van der Waals surface area contributed by atoms with Crippen molar-refractivity contribution in [3.05, 3.63) is 47.3 Å². The highest BCUT2D eigenvalue weighted by atomic mass is 28.4. The molecule has 1 aromatic heterocycles. The van der Waals surface area contributed by atoms with E-state index in [-0.39, 0.29) is 39.0 Å². The van der Waals surface area contributed by atoms with Crippen molar-refractivity contribution in [1.29, 1.82) is 0 Å². The summed E-state index contributed by atoms with van der Waals surface area (Å²) >= 11 is 0. The van der Waals surface area contributed by atoms with Crippen molar-refractivity contribution < 1.29 is 23.2 Å². The van der Waals surface area contributed by atoms with Crippen LogP contribution in [-0.4, -0.2) is 65.7 Å². The van der Waals surface area contributed by atoms with E-state index >= 15 is 0 Å². The molecule has 2 rings (SSSR count). The Morgan fingerprint density at radius 1 is 0.877 bits per heavy atom. The quantitative estimate of drug-likeness (QED) is 0.0925. The number of aliphatic hydroxyl groups is 1. The van der Waals surface area contributed by atoms with Crippen LogP contribution in [0.15, 0.2) is 41.6 Å². The maximum absolute atomic E-state index is 14.9. The molecule has 57 heavy (non-hydrogen) atoms. The van der Waals surface area contributed by atoms with Crippen molar-refractivity contribution in [3.8, 4) is 0 Å². The summed E-state index contributed by atoms with van der Waals surface area (Å²) in [6, 6.07) is 6.01. The second-order valence-electron chi connectivity index (χ2n) is 22.3. The van der Waals surface area contributed by atoms with Crippen LogP contribution in [0.5, 0.6) is 0 Å². The van der Waals surface area contributed by atoms with Crippen LogP contribution in [0.3, 0.4) is 0 Å². The molecule has 6 nitrogen and oxygen atoms in total. The van der Waals surface area contributed by atoms with Gasteiger partial charge in [-0.05, 0) is 149 Å². The Balaban J connectivity index is 2.21. The highest BCUT2D eigenvalue weighted by Gasteiger charge is 2.55. The first-order chi connectivity index (χ1) is 25.9. The summed E-state index contributed by atoms with van der Waals surface area (Å²) < 4.78 is 20.9. The number of aliphatic hydroxyl groups excluding tert-OH is 1. The molecule has 1 N–H and O–H groups in total. The molecule has 0 spiro atoms. The number of rotatable bonds is 22. The lowest BCUT2D eigenvalue weighted by Gasteiger charge is -2.52. The minimum atomic E-state index is -2.20. The van der Waals surface area contributed by atoms with Crippen LogP contribution in [0.4, 0.5) is 0 Å². The minimum absolute atomic E-state index is 0.0122. The molecule has 0 unspecified atom stereocenters. The molecule has 1 aliphatic rings. The molecule has 0 bridgehead atoms. The summed E-state index contributed by atoms with van der Waals surface area (Å²) in [5.41, 5.74) is 2.93. The molecule has 0 aliphatic heterocycles. The molecule has 1 aliphatic carbocycles. The van der Waals surface area contributed by atoms with E-state index in [1.54, 1.807) is 0 Å². The average molecular weight is 844 g/mol. The predicted molar refractivity (Wildman–Crippen MR) is 252 cm³/mol. The monoisotopic (exact) mass is 844 g/mol. The summed E-state index contributed by atoms with van der Waals surface area (Å²) in [6.45, 7) is 43.6. The van der Waals surface area contributed by atoms with Crippen LogP contribution in [0.25, 0.3) is 6.08 Å². The smallest absolute Gasteiger partial charge is 0.192 e. The van der Waals surface area contributed by atoms with Crippen molar-refractivity contribution in [2.75, 3.05) is 6.61 Å². The summed E-state index contributed by atoms with van der Waals surface area (Å²) in [4.78, 5) is 19.4. The molecule has 9 heteroatoms. The van der Waals surface area contributed by atoms with Crippen LogP contribution >= 0.6 is 0 Å². The molecule has 1 saturated carbocycles. The van der Waals surface area contributed by atoms with Gasteiger partial charge in [-0.1, -0.05) is 100 Å². The Morgan fingerprint density at radius 2 is 1.44 bits per heavy atom. The number of carbonyl (C=O) groups excluding carboxylic acids is 1. The van der Waals surface area contributed by atoms with E-state index in [0.717, 1.165) is 57.1 Å². The van der Waals surface area contributed by atoms with Crippen LogP contribution in [0.2, 0.25) is 54.4 Å². The number of ketones is 1. The van der Waals surface area contributed by atoms with E-state index < -0.39 is 42.4 Å². The Labute approximate surface area is 355 Å². The molecule has 1 heterocycles. The van der Waals surface area contributed by atoms with Gasteiger partial charge in [-0.25, -0.2) is 0 Å². The van der Waals surface area contributed by atoms with Gasteiger partial charge < -0.3 is 18.4 Å². The topological polar surface area (TPSA) is 77.9 Å². The van der Waals surface area contributed by atoms with E-state index in [9.17, 15) is 9.90 Å². The van der Waals surface area contributed by atoms with Crippen molar-refractivity contribution >= 4 is 36.8 Å². The van der Waals surface area contributed by atoms with Gasteiger partial charge in [0.05, 0.1) is 29.4 Å². The molecule has 0 saturated heterocycles. The number of Topliss-reactive ketones (excluding diaryl/α,β-unsaturated/α-hetero) is 1. The van der Waals surface area contributed by atoms with Crippen molar-refractivity contribution in [3.63, 3.8) is 0 Å². The predicted octanol–water partition coefficient (Wildman–Crippen LogP) is 13.9. The number of hydrogen-bond acceptors (Lipinski definition) is 6. The van der Waals surface area contributed by atoms with Crippen LogP contribution in [0, 0.1) is 17.3 Å². The van der Waals surface area contributed by atoms with Crippen LogP contribution in [-0.2, 0) is 18.1 Å². The molecule has 1 aromatic rings. The van der Waals surface area contributed by atoms with E-state index in [1.807, 2.05) is 24.4 Å². The Kier molecular flexibility index (Phi) is 18.7. The van der Waals surface area contributed by atoms with Crippen molar-refractivity contribution in [1.82, 2.24) is 4.98 Å². The van der Waals surface area contributed by atoms with Crippen molar-refractivity contribution in [2.45, 2.75) is 221 Å². The van der Waals surface area contributed by atoms with E-state index in [1.165, 1.54) is 11.1 Å². The molecule has 5 atom stereocenters. The number of hydrogen-bond donors (Lipinski definition) is 1. The zero-order chi connectivity index (χ0) is 43.8. The molecule has 0 amide bonds. The van der Waals surface area contributed by atoms with Crippen molar-refractivity contribution in [2.24, 2.45) is 17.3 Å². The second kappa shape index (κ2) is 20.6. The first kappa shape index (κ1) is 51.9. The van der Waals surface area contributed by atoms with E-state index in [2.05, 4.69) is 146 Å². The lowest BCUT2D eigenvalue weighted by atomic mass is 9.58. The maximum atomic E-state index is 14.9.